The number of aliphatic hydroxyl groups excluding tert-OH is 1. The second-order valence-electron chi connectivity index (χ2n) is 5.16. The Balaban J connectivity index is 1.86. The highest BCUT2D eigenvalue weighted by molar-refractivity contribution is 5.97. The van der Waals surface area contributed by atoms with Gasteiger partial charge in [0.1, 0.15) is 5.75 Å². The summed E-state index contributed by atoms with van der Waals surface area (Å²) in [5.41, 5.74) is 0.638. The maximum absolute atomic E-state index is 12.2. The summed E-state index contributed by atoms with van der Waals surface area (Å²) in [5, 5.41) is 18.2. The maximum Gasteiger partial charge on any atom is 0.176 e. The zero-order chi connectivity index (χ0) is 14.4. The van der Waals surface area contributed by atoms with Crippen molar-refractivity contribution in [2.75, 3.05) is 45.9 Å². The topological polar surface area (TPSA) is 64.0 Å². The smallest absolute Gasteiger partial charge is 0.176 e. The molecule has 0 unspecified atom stereocenters. The minimum absolute atomic E-state index is 0.0839. The van der Waals surface area contributed by atoms with Crippen molar-refractivity contribution in [1.29, 1.82) is 0 Å². The van der Waals surface area contributed by atoms with Gasteiger partial charge < -0.3 is 10.2 Å². The van der Waals surface area contributed by atoms with Crippen LogP contribution < -0.4 is 0 Å². The monoisotopic (exact) mass is 278 g/mol. The molecule has 1 heterocycles. The number of aromatic hydroxyl groups is 1. The Morgan fingerprint density at radius 3 is 2.40 bits per heavy atom. The zero-order valence-electron chi connectivity index (χ0n) is 11.7. The first-order chi connectivity index (χ1) is 9.69. The first kappa shape index (κ1) is 15.0. The number of hydrogen-bond donors (Lipinski definition) is 2. The van der Waals surface area contributed by atoms with E-state index in [-0.39, 0.29) is 18.1 Å². The molecule has 0 aliphatic carbocycles. The number of hydrogen-bond acceptors (Lipinski definition) is 5. The molecule has 0 saturated carbocycles. The van der Waals surface area contributed by atoms with E-state index in [0.29, 0.717) is 18.7 Å². The van der Waals surface area contributed by atoms with Crippen LogP contribution in [0.3, 0.4) is 0 Å². The third-order valence-corrected chi connectivity index (χ3v) is 3.65. The molecule has 0 atom stereocenters. The molecule has 2 N–H and O–H groups in total. The van der Waals surface area contributed by atoms with Gasteiger partial charge >= 0.3 is 0 Å². The number of benzene rings is 1. The van der Waals surface area contributed by atoms with Crippen molar-refractivity contribution in [3.05, 3.63) is 29.8 Å². The lowest BCUT2D eigenvalue weighted by molar-refractivity contribution is 0.0932. The highest BCUT2D eigenvalue weighted by atomic mass is 16.3. The largest absolute Gasteiger partial charge is 0.508 e. The van der Waals surface area contributed by atoms with Gasteiger partial charge in [-0.15, -0.1) is 0 Å². The lowest BCUT2D eigenvalue weighted by atomic mass is 10.1. The van der Waals surface area contributed by atoms with Crippen LogP contribution in [0.15, 0.2) is 24.3 Å². The van der Waals surface area contributed by atoms with Crippen molar-refractivity contribution < 1.29 is 15.0 Å². The Morgan fingerprint density at radius 2 is 1.70 bits per heavy atom. The quantitative estimate of drug-likeness (QED) is 0.771. The zero-order valence-corrected chi connectivity index (χ0v) is 11.7. The van der Waals surface area contributed by atoms with Crippen LogP contribution in [0.1, 0.15) is 16.8 Å². The molecule has 1 saturated heterocycles. The van der Waals surface area contributed by atoms with Crippen molar-refractivity contribution in [2.24, 2.45) is 0 Å². The highest BCUT2D eigenvalue weighted by Crippen LogP contribution is 2.11. The van der Waals surface area contributed by atoms with Crippen LogP contribution in [0.25, 0.3) is 0 Å². The number of phenolic OH excluding ortho intramolecular Hbond substituents is 1. The lowest BCUT2D eigenvalue weighted by Gasteiger charge is -2.20. The molecule has 1 aliphatic heterocycles. The van der Waals surface area contributed by atoms with E-state index in [9.17, 15) is 9.90 Å². The molecule has 1 aliphatic rings. The fraction of sp³-hybridized carbons (Fsp3) is 0.533. The highest BCUT2D eigenvalue weighted by Gasteiger charge is 2.17. The van der Waals surface area contributed by atoms with E-state index in [4.69, 9.17) is 5.11 Å². The van der Waals surface area contributed by atoms with Crippen molar-refractivity contribution in [2.45, 2.75) is 6.42 Å². The molecule has 0 radical (unpaired) electrons. The Bertz CT molecular complexity index is 433. The molecular weight excluding hydrogens is 256 g/mol. The summed E-state index contributed by atoms with van der Waals surface area (Å²) in [4.78, 5) is 16.6. The summed E-state index contributed by atoms with van der Waals surface area (Å²) < 4.78 is 0. The van der Waals surface area contributed by atoms with E-state index < -0.39 is 0 Å². The first-order valence-electron chi connectivity index (χ1n) is 7.07. The molecular formula is C15H22N2O3. The molecule has 1 aromatic carbocycles. The van der Waals surface area contributed by atoms with Crippen LogP contribution in [0.2, 0.25) is 0 Å². The minimum Gasteiger partial charge on any atom is -0.508 e. The number of nitrogens with zero attached hydrogens (tertiary/aromatic N) is 2. The third kappa shape index (κ3) is 4.30. The average Bonchev–Trinajstić information content (AvgIpc) is 2.66. The Morgan fingerprint density at radius 1 is 1.05 bits per heavy atom. The SMILES string of the molecule is O=C(CN1CCCN(CCO)CC1)c1ccc(O)cc1. The predicted octanol–water partition coefficient (Wildman–Crippen LogP) is 0.575. The van der Waals surface area contributed by atoms with E-state index >= 15 is 0 Å². The van der Waals surface area contributed by atoms with Gasteiger partial charge in [0.25, 0.3) is 0 Å². The molecule has 5 heteroatoms. The van der Waals surface area contributed by atoms with Crippen LogP contribution in [-0.2, 0) is 0 Å². The molecule has 1 aromatic rings. The summed E-state index contributed by atoms with van der Waals surface area (Å²) >= 11 is 0. The summed E-state index contributed by atoms with van der Waals surface area (Å²) in [6.45, 7) is 4.94. The summed E-state index contributed by atoms with van der Waals surface area (Å²) in [6.07, 6.45) is 1.02. The number of carbonyl (C=O) groups is 1. The molecule has 20 heavy (non-hydrogen) atoms. The van der Waals surface area contributed by atoms with E-state index in [2.05, 4.69) is 9.80 Å². The van der Waals surface area contributed by atoms with E-state index in [1.165, 1.54) is 0 Å². The summed E-state index contributed by atoms with van der Waals surface area (Å²) in [5.74, 6) is 0.261. The molecule has 0 aromatic heterocycles. The number of rotatable bonds is 5. The van der Waals surface area contributed by atoms with E-state index in [1.54, 1.807) is 24.3 Å². The van der Waals surface area contributed by atoms with Crippen molar-refractivity contribution in [3.63, 3.8) is 0 Å². The van der Waals surface area contributed by atoms with Gasteiger partial charge in [-0.1, -0.05) is 0 Å². The van der Waals surface area contributed by atoms with E-state index in [1.807, 2.05) is 0 Å². The van der Waals surface area contributed by atoms with E-state index in [0.717, 1.165) is 32.6 Å². The Hall–Kier alpha value is -1.43. The van der Waals surface area contributed by atoms with Crippen LogP contribution >= 0.6 is 0 Å². The van der Waals surface area contributed by atoms with Gasteiger partial charge in [-0.3, -0.25) is 14.6 Å². The van der Waals surface area contributed by atoms with Crippen LogP contribution in [0, 0.1) is 0 Å². The molecule has 0 amide bonds. The average molecular weight is 278 g/mol. The number of Topliss-reactive ketones (excluding diaryl/α,β-unsaturated/α-hetero) is 1. The molecule has 0 spiro atoms. The van der Waals surface area contributed by atoms with Crippen molar-refractivity contribution in [3.8, 4) is 5.75 Å². The number of β-amino-alcohol motifs (C(OH)–C–C–N with tert-alkyl or cyclic N) is 1. The predicted molar refractivity (Wildman–Crippen MR) is 77.0 cm³/mol. The summed E-state index contributed by atoms with van der Waals surface area (Å²) in [6, 6.07) is 6.40. The number of carbonyl (C=O) groups excluding carboxylic acids is 1. The minimum atomic E-state index is 0.0839. The van der Waals surface area contributed by atoms with Gasteiger partial charge in [-0.25, -0.2) is 0 Å². The summed E-state index contributed by atoms with van der Waals surface area (Å²) in [7, 11) is 0. The molecule has 1 fully saturated rings. The van der Waals surface area contributed by atoms with Gasteiger partial charge in [0.2, 0.25) is 0 Å². The first-order valence-corrected chi connectivity index (χ1v) is 7.07. The van der Waals surface area contributed by atoms with Gasteiger partial charge in [-0.05, 0) is 43.8 Å². The second-order valence-corrected chi connectivity index (χ2v) is 5.16. The normalized spacial score (nSPS) is 17.9. The van der Waals surface area contributed by atoms with Crippen LogP contribution in [0.4, 0.5) is 0 Å². The molecule has 110 valence electrons. The Labute approximate surface area is 119 Å². The van der Waals surface area contributed by atoms with Gasteiger partial charge in [0.05, 0.1) is 13.2 Å². The van der Waals surface area contributed by atoms with Gasteiger partial charge in [0, 0.05) is 25.2 Å². The fourth-order valence-electron chi connectivity index (χ4n) is 2.49. The number of phenols is 1. The Kier molecular flexibility index (Phi) is 5.52. The van der Waals surface area contributed by atoms with Gasteiger partial charge in [-0.2, -0.15) is 0 Å². The van der Waals surface area contributed by atoms with Gasteiger partial charge in [0.15, 0.2) is 5.78 Å². The van der Waals surface area contributed by atoms with Crippen LogP contribution in [-0.4, -0.2) is 71.7 Å². The molecule has 0 bridgehead atoms. The number of aliphatic hydroxyl groups is 1. The van der Waals surface area contributed by atoms with Crippen molar-refractivity contribution in [1.82, 2.24) is 9.80 Å². The standard InChI is InChI=1S/C15H22N2O3/c18-11-10-16-6-1-7-17(9-8-16)12-15(20)13-2-4-14(19)5-3-13/h2-5,18-19H,1,6-12H2. The van der Waals surface area contributed by atoms with Crippen LogP contribution in [0.5, 0.6) is 5.75 Å². The number of ketones is 1. The second kappa shape index (κ2) is 7.38. The maximum atomic E-state index is 12.2. The molecule has 5 nitrogen and oxygen atoms in total. The third-order valence-electron chi connectivity index (χ3n) is 3.65. The fourth-order valence-corrected chi connectivity index (χ4v) is 2.49. The van der Waals surface area contributed by atoms with Crippen molar-refractivity contribution >= 4 is 5.78 Å². The molecule has 2 rings (SSSR count). The lowest BCUT2D eigenvalue weighted by Crippen LogP contribution is -2.35.